The van der Waals surface area contributed by atoms with Crippen molar-refractivity contribution >= 4 is 34.8 Å². The van der Waals surface area contributed by atoms with Crippen LogP contribution in [0, 0.1) is 11.8 Å². The zero-order valence-corrected chi connectivity index (χ0v) is 18.1. The highest BCUT2D eigenvalue weighted by Crippen LogP contribution is 2.30. The molecule has 0 saturated carbocycles. The van der Waals surface area contributed by atoms with E-state index in [2.05, 4.69) is 10.3 Å². The zero-order chi connectivity index (χ0) is 21.3. The van der Waals surface area contributed by atoms with Crippen molar-refractivity contribution in [3.63, 3.8) is 0 Å². The molecule has 162 valence electrons. The van der Waals surface area contributed by atoms with Gasteiger partial charge in [0.2, 0.25) is 11.8 Å². The number of amides is 3. The van der Waals surface area contributed by atoms with Crippen molar-refractivity contribution in [1.82, 2.24) is 20.1 Å². The summed E-state index contributed by atoms with van der Waals surface area (Å²) in [5.41, 5.74) is 0. The average Bonchev–Trinajstić information content (AvgIpc) is 3.02. The highest BCUT2D eigenvalue weighted by atomic mass is 32.1. The second-order valence-electron chi connectivity index (χ2n) is 8.71. The number of hydrogen-bond donors (Lipinski definition) is 1. The average molecular weight is 433 g/mol. The fourth-order valence-corrected chi connectivity index (χ4v) is 5.53. The molecule has 3 atom stereocenters. The summed E-state index contributed by atoms with van der Waals surface area (Å²) in [6.07, 6.45) is 6.13. The van der Waals surface area contributed by atoms with Crippen LogP contribution in [0.3, 0.4) is 0 Å². The van der Waals surface area contributed by atoms with E-state index in [4.69, 9.17) is 0 Å². The lowest BCUT2D eigenvalue weighted by molar-refractivity contribution is -0.134. The van der Waals surface area contributed by atoms with Gasteiger partial charge in [-0.3, -0.25) is 19.2 Å². The molecular formula is C21H28N4O4S. The molecular weight excluding hydrogens is 404 g/mol. The van der Waals surface area contributed by atoms with Crippen molar-refractivity contribution in [2.24, 2.45) is 11.8 Å². The lowest BCUT2D eigenvalue weighted by Crippen LogP contribution is -2.46. The maximum Gasteiger partial charge on any atom is 0.265 e. The number of hydrogen-bond acceptors (Lipinski definition) is 6. The summed E-state index contributed by atoms with van der Waals surface area (Å²) in [6.45, 7) is 3.89. The predicted octanol–water partition coefficient (Wildman–Crippen LogP) is 1.72. The minimum Gasteiger partial charge on any atom is -0.356 e. The molecule has 3 fully saturated rings. The fourth-order valence-electron chi connectivity index (χ4n) is 4.76. The molecule has 4 heterocycles. The van der Waals surface area contributed by atoms with Gasteiger partial charge in [0.15, 0.2) is 10.8 Å². The van der Waals surface area contributed by atoms with E-state index in [1.165, 1.54) is 13.1 Å². The van der Waals surface area contributed by atoms with Gasteiger partial charge in [-0.05, 0) is 31.1 Å². The lowest BCUT2D eigenvalue weighted by atomic mass is 9.94. The number of nitrogens with zero attached hydrogens (tertiary/aromatic N) is 3. The normalized spacial score (nSPS) is 26.7. The van der Waals surface area contributed by atoms with Crippen LogP contribution in [0.2, 0.25) is 0 Å². The Kier molecular flexibility index (Phi) is 6.17. The number of Topliss-reactive ketones (excluding diaryl/α,β-unsaturated/α-hetero) is 1. The van der Waals surface area contributed by atoms with Crippen LogP contribution < -0.4 is 5.32 Å². The molecule has 4 rings (SSSR count). The quantitative estimate of drug-likeness (QED) is 0.731. The summed E-state index contributed by atoms with van der Waals surface area (Å²) in [5.74, 6) is 0.424. The number of carbonyl (C=O) groups is 4. The molecule has 9 heteroatoms. The molecule has 30 heavy (non-hydrogen) atoms. The molecule has 0 aliphatic carbocycles. The smallest absolute Gasteiger partial charge is 0.265 e. The molecule has 1 N–H and O–H groups in total. The van der Waals surface area contributed by atoms with Gasteiger partial charge < -0.3 is 15.1 Å². The number of rotatable bonds is 4. The molecule has 3 aliphatic rings. The van der Waals surface area contributed by atoms with E-state index in [0.717, 1.165) is 37.0 Å². The lowest BCUT2D eigenvalue weighted by Gasteiger charge is -2.32. The SMILES string of the molecule is CC(=O)c1ncc(C(=O)N2CC3CCCC2CN(C(=O)CC2CCC(=O)NC2)C3)s1. The third-order valence-electron chi connectivity index (χ3n) is 6.42. The summed E-state index contributed by atoms with van der Waals surface area (Å²) in [7, 11) is 0. The maximum atomic E-state index is 13.2. The molecule has 3 amide bonds. The topological polar surface area (TPSA) is 99.7 Å². The number of carbonyl (C=O) groups excluding carboxylic acids is 4. The second-order valence-corrected chi connectivity index (χ2v) is 9.74. The van der Waals surface area contributed by atoms with Crippen LogP contribution in [0.25, 0.3) is 0 Å². The number of nitrogens with one attached hydrogen (secondary N) is 1. The van der Waals surface area contributed by atoms with Gasteiger partial charge in [-0.15, -0.1) is 11.3 Å². The number of fused-ring (bicyclic) bond motifs is 3. The van der Waals surface area contributed by atoms with Crippen molar-refractivity contribution in [3.05, 3.63) is 16.1 Å². The third-order valence-corrected chi connectivity index (χ3v) is 7.50. The Morgan fingerprint density at radius 1 is 1.20 bits per heavy atom. The van der Waals surface area contributed by atoms with Gasteiger partial charge in [0, 0.05) is 52.0 Å². The molecule has 3 aliphatic heterocycles. The number of thiazole rings is 1. The van der Waals surface area contributed by atoms with E-state index in [1.54, 1.807) is 0 Å². The molecule has 1 aromatic heterocycles. The fraction of sp³-hybridized carbons (Fsp3) is 0.667. The van der Waals surface area contributed by atoms with Crippen LogP contribution in [-0.4, -0.2) is 70.5 Å². The number of likely N-dealkylation sites (tertiary alicyclic amines) is 1. The van der Waals surface area contributed by atoms with E-state index in [0.29, 0.717) is 48.9 Å². The highest BCUT2D eigenvalue weighted by Gasteiger charge is 2.38. The second kappa shape index (κ2) is 8.83. The van der Waals surface area contributed by atoms with Gasteiger partial charge in [0.25, 0.3) is 5.91 Å². The first-order chi connectivity index (χ1) is 14.4. The van der Waals surface area contributed by atoms with E-state index in [9.17, 15) is 19.2 Å². The number of piperidine rings is 1. The summed E-state index contributed by atoms with van der Waals surface area (Å²) < 4.78 is 0. The Morgan fingerprint density at radius 3 is 2.73 bits per heavy atom. The molecule has 0 spiro atoms. The van der Waals surface area contributed by atoms with Crippen LogP contribution in [-0.2, 0) is 9.59 Å². The van der Waals surface area contributed by atoms with Gasteiger partial charge in [-0.25, -0.2) is 4.98 Å². The minimum absolute atomic E-state index is 0.0112. The maximum absolute atomic E-state index is 13.2. The van der Waals surface area contributed by atoms with Gasteiger partial charge in [-0.1, -0.05) is 6.42 Å². The Balaban J connectivity index is 1.45. The van der Waals surface area contributed by atoms with Crippen molar-refractivity contribution in [3.8, 4) is 0 Å². The van der Waals surface area contributed by atoms with Crippen LogP contribution in [0.1, 0.15) is 64.9 Å². The first-order valence-electron chi connectivity index (χ1n) is 10.7. The molecule has 8 nitrogen and oxygen atoms in total. The first kappa shape index (κ1) is 21.0. The van der Waals surface area contributed by atoms with E-state index >= 15 is 0 Å². The Morgan fingerprint density at radius 2 is 2.03 bits per heavy atom. The van der Waals surface area contributed by atoms with Crippen LogP contribution in [0.15, 0.2) is 6.20 Å². The largest absolute Gasteiger partial charge is 0.356 e. The summed E-state index contributed by atoms with van der Waals surface area (Å²) in [6, 6.07) is -0.0112. The van der Waals surface area contributed by atoms with E-state index < -0.39 is 0 Å². The number of aromatic nitrogens is 1. The monoisotopic (exact) mass is 432 g/mol. The number of ketones is 1. The molecule has 3 unspecified atom stereocenters. The van der Waals surface area contributed by atoms with Gasteiger partial charge in [0.05, 0.1) is 6.20 Å². The molecule has 1 aromatic rings. The molecule has 3 saturated heterocycles. The van der Waals surface area contributed by atoms with Crippen LogP contribution >= 0.6 is 11.3 Å². The standard InChI is InChI=1S/C21H28N4O4S/c1-13(26)20-23-9-17(30-20)21(29)25-11-15-3-2-4-16(25)12-24(10-15)19(28)7-14-5-6-18(27)22-8-14/h9,14-16H,2-8,10-12H2,1H3,(H,22,27). The highest BCUT2D eigenvalue weighted by molar-refractivity contribution is 7.15. The van der Waals surface area contributed by atoms with Gasteiger partial charge in [-0.2, -0.15) is 0 Å². The zero-order valence-electron chi connectivity index (χ0n) is 17.3. The Hall–Kier alpha value is -2.29. The van der Waals surface area contributed by atoms with Gasteiger partial charge >= 0.3 is 0 Å². The molecule has 2 bridgehead atoms. The summed E-state index contributed by atoms with van der Waals surface area (Å²) in [4.78, 5) is 57.5. The molecule has 0 aromatic carbocycles. The summed E-state index contributed by atoms with van der Waals surface area (Å²) >= 11 is 1.15. The van der Waals surface area contributed by atoms with Crippen LogP contribution in [0.5, 0.6) is 0 Å². The van der Waals surface area contributed by atoms with Gasteiger partial charge in [0.1, 0.15) is 4.88 Å². The Labute approximate surface area is 180 Å². The van der Waals surface area contributed by atoms with Crippen molar-refractivity contribution in [1.29, 1.82) is 0 Å². The molecule has 0 radical (unpaired) electrons. The first-order valence-corrected chi connectivity index (χ1v) is 11.5. The van der Waals surface area contributed by atoms with Crippen molar-refractivity contribution < 1.29 is 19.2 Å². The summed E-state index contributed by atoms with van der Waals surface area (Å²) in [5, 5.41) is 3.21. The van der Waals surface area contributed by atoms with Crippen LogP contribution in [0.4, 0.5) is 0 Å². The van der Waals surface area contributed by atoms with E-state index in [-0.39, 0.29) is 41.4 Å². The van der Waals surface area contributed by atoms with Crippen molar-refractivity contribution in [2.45, 2.75) is 51.5 Å². The minimum atomic E-state index is -0.135. The van der Waals surface area contributed by atoms with E-state index in [1.807, 2.05) is 9.80 Å². The Bertz CT molecular complexity index is 844. The third kappa shape index (κ3) is 4.55. The predicted molar refractivity (Wildman–Crippen MR) is 111 cm³/mol. The van der Waals surface area contributed by atoms with Crippen molar-refractivity contribution in [2.75, 3.05) is 26.2 Å².